The minimum Gasteiger partial charge on any atom is -0.455 e. The summed E-state index contributed by atoms with van der Waals surface area (Å²) >= 11 is 0. The van der Waals surface area contributed by atoms with Crippen LogP contribution in [0, 0.1) is 0 Å². The molecule has 0 spiro atoms. The topological polar surface area (TPSA) is 16.4 Å². The Labute approximate surface area is 325 Å². The number of hydrogen-bond donors (Lipinski definition) is 0. The lowest BCUT2D eigenvalue weighted by atomic mass is 9.97. The highest BCUT2D eigenvalue weighted by Gasteiger charge is 2.21. The van der Waals surface area contributed by atoms with Crippen molar-refractivity contribution in [2.45, 2.75) is 0 Å². The van der Waals surface area contributed by atoms with E-state index in [0.717, 1.165) is 61.1 Å². The summed E-state index contributed by atoms with van der Waals surface area (Å²) < 4.78 is 6.89. The minimum absolute atomic E-state index is 0.891. The Bertz CT molecular complexity index is 3260. The van der Waals surface area contributed by atoms with Crippen LogP contribution in [0.25, 0.3) is 87.6 Å². The quantitative estimate of drug-likeness (QED) is 0.171. The molecule has 10 aromatic carbocycles. The summed E-state index contributed by atoms with van der Waals surface area (Å²) in [6.45, 7) is 0. The van der Waals surface area contributed by atoms with E-state index in [1.54, 1.807) is 0 Å². The van der Waals surface area contributed by atoms with E-state index < -0.39 is 0 Å². The van der Waals surface area contributed by atoms with Gasteiger partial charge in [-0.2, -0.15) is 0 Å². The number of anilines is 3. The Morgan fingerprint density at radius 3 is 1.59 bits per heavy atom. The molecule has 56 heavy (non-hydrogen) atoms. The minimum atomic E-state index is 0.891. The second-order valence-corrected chi connectivity index (χ2v) is 14.5. The fraction of sp³-hybridized carbons (Fsp3) is 0. The SMILES string of the molecule is c1cc(-c2ccc3ccccc3c2)cc(N(c2ccc(-c3ccc4ccccc4c3)cc2)c2ccccc2-c2cccc3c2oc2c4ccccc4ccc32)c1. The van der Waals surface area contributed by atoms with Crippen molar-refractivity contribution in [2.24, 2.45) is 0 Å². The summed E-state index contributed by atoms with van der Waals surface area (Å²) in [7, 11) is 0. The zero-order chi connectivity index (χ0) is 37.0. The molecule has 1 heterocycles. The zero-order valence-corrected chi connectivity index (χ0v) is 30.6. The zero-order valence-electron chi connectivity index (χ0n) is 30.6. The van der Waals surface area contributed by atoms with E-state index in [2.05, 4.69) is 217 Å². The van der Waals surface area contributed by atoms with Crippen LogP contribution in [0.3, 0.4) is 0 Å². The second kappa shape index (κ2) is 13.2. The Hall–Kier alpha value is -7.42. The summed E-state index contributed by atoms with van der Waals surface area (Å²) in [4.78, 5) is 2.39. The third-order valence-corrected chi connectivity index (χ3v) is 11.2. The van der Waals surface area contributed by atoms with Crippen LogP contribution in [0.5, 0.6) is 0 Å². The van der Waals surface area contributed by atoms with E-state index in [4.69, 9.17) is 4.42 Å². The lowest BCUT2D eigenvalue weighted by molar-refractivity contribution is 0.674. The molecule has 0 radical (unpaired) electrons. The molecule has 11 rings (SSSR count). The van der Waals surface area contributed by atoms with Crippen LogP contribution in [0.1, 0.15) is 0 Å². The molecule has 2 nitrogen and oxygen atoms in total. The number of benzene rings is 10. The Balaban J connectivity index is 1.09. The molecule has 0 aliphatic heterocycles. The van der Waals surface area contributed by atoms with Gasteiger partial charge in [0.1, 0.15) is 11.2 Å². The summed E-state index contributed by atoms with van der Waals surface area (Å²) in [5, 5.41) is 9.49. The van der Waals surface area contributed by atoms with Crippen molar-refractivity contribution in [1.29, 1.82) is 0 Å². The van der Waals surface area contributed by atoms with Gasteiger partial charge in [-0.1, -0.05) is 164 Å². The number of rotatable bonds is 6. The van der Waals surface area contributed by atoms with Crippen molar-refractivity contribution >= 4 is 71.3 Å². The average molecular weight is 714 g/mol. The molecule has 0 aliphatic rings. The van der Waals surface area contributed by atoms with Crippen LogP contribution in [0.2, 0.25) is 0 Å². The fourth-order valence-corrected chi connectivity index (χ4v) is 8.43. The van der Waals surface area contributed by atoms with Crippen LogP contribution >= 0.6 is 0 Å². The van der Waals surface area contributed by atoms with Gasteiger partial charge in [0.15, 0.2) is 0 Å². The predicted octanol–water partition coefficient (Wildman–Crippen LogP) is 15.5. The maximum absolute atomic E-state index is 6.89. The van der Waals surface area contributed by atoms with Gasteiger partial charge < -0.3 is 9.32 Å². The molecule has 0 amide bonds. The Morgan fingerprint density at radius 1 is 0.286 bits per heavy atom. The first kappa shape index (κ1) is 32.0. The number of para-hydroxylation sites is 2. The van der Waals surface area contributed by atoms with Gasteiger partial charge in [0, 0.05) is 38.7 Å². The molecular weight excluding hydrogens is 679 g/mol. The molecule has 1 aromatic heterocycles. The maximum Gasteiger partial charge on any atom is 0.143 e. The van der Waals surface area contributed by atoms with Gasteiger partial charge >= 0.3 is 0 Å². The largest absolute Gasteiger partial charge is 0.455 e. The standard InChI is InChI=1S/C54H35NO/c1-3-14-40-33-43(25-23-36(40)11-1)38-27-30-45(31-28-38)55(46-17-9-16-42(35-46)44-26-24-37-12-2-4-15-41(37)34-44)52-22-8-7-19-48(52)49-20-10-21-50-51-32-29-39-13-5-6-18-47(39)53(51)56-54(49)50/h1-35H. The molecule has 0 saturated heterocycles. The van der Waals surface area contributed by atoms with E-state index in [9.17, 15) is 0 Å². The first-order valence-corrected chi connectivity index (χ1v) is 19.2. The number of furan rings is 1. The van der Waals surface area contributed by atoms with Gasteiger partial charge in [0.25, 0.3) is 0 Å². The second-order valence-electron chi connectivity index (χ2n) is 14.5. The summed E-state index contributed by atoms with van der Waals surface area (Å²) in [5.74, 6) is 0. The molecule has 0 fully saturated rings. The normalized spacial score (nSPS) is 11.6. The molecular formula is C54H35NO. The van der Waals surface area contributed by atoms with E-state index in [1.807, 2.05) is 0 Å². The van der Waals surface area contributed by atoms with Gasteiger partial charge in [-0.25, -0.2) is 0 Å². The summed E-state index contributed by atoms with van der Waals surface area (Å²) in [5.41, 5.74) is 11.9. The lowest BCUT2D eigenvalue weighted by Gasteiger charge is -2.28. The van der Waals surface area contributed by atoms with E-state index in [1.165, 1.54) is 43.6 Å². The van der Waals surface area contributed by atoms with Crippen LogP contribution in [-0.4, -0.2) is 0 Å². The van der Waals surface area contributed by atoms with Gasteiger partial charge in [-0.05, 0) is 97.7 Å². The molecule has 0 saturated carbocycles. The summed E-state index contributed by atoms with van der Waals surface area (Å²) in [6.07, 6.45) is 0. The lowest BCUT2D eigenvalue weighted by Crippen LogP contribution is -2.11. The van der Waals surface area contributed by atoms with Crippen molar-refractivity contribution in [2.75, 3.05) is 4.90 Å². The van der Waals surface area contributed by atoms with Crippen LogP contribution in [-0.2, 0) is 0 Å². The number of fused-ring (bicyclic) bond motifs is 7. The molecule has 0 bridgehead atoms. The Kier molecular flexibility index (Phi) is 7.53. The average Bonchev–Trinajstić information content (AvgIpc) is 3.66. The maximum atomic E-state index is 6.89. The van der Waals surface area contributed by atoms with Crippen molar-refractivity contribution in [3.63, 3.8) is 0 Å². The van der Waals surface area contributed by atoms with Crippen LogP contribution in [0.4, 0.5) is 17.1 Å². The Morgan fingerprint density at radius 2 is 0.821 bits per heavy atom. The van der Waals surface area contributed by atoms with Crippen molar-refractivity contribution in [3.8, 4) is 33.4 Å². The third kappa shape index (κ3) is 5.42. The molecule has 0 N–H and O–H groups in total. The summed E-state index contributed by atoms with van der Waals surface area (Å²) in [6, 6.07) is 76.5. The smallest absolute Gasteiger partial charge is 0.143 e. The number of nitrogens with zero attached hydrogens (tertiary/aromatic N) is 1. The van der Waals surface area contributed by atoms with Gasteiger partial charge in [-0.15, -0.1) is 0 Å². The van der Waals surface area contributed by atoms with E-state index >= 15 is 0 Å². The van der Waals surface area contributed by atoms with Crippen LogP contribution < -0.4 is 4.90 Å². The fourth-order valence-electron chi connectivity index (χ4n) is 8.43. The molecule has 11 aromatic rings. The molecule has 0 unspecified atom stereocenters. The van der Waals surface area contributed by atoms with Crippen molar-refractivity contribution in [1.82, 2.24) is 0 Å². The van der Waals surface area contributed by atoms with Crippen molar-refractivity contribution < 1.29 is 4.42 Å². The highest BCUT2D eigenvalue weighted by atomic mass is 16.3. The highest BCUT2D eigenvalue weighted by Crippen LogP contribution is 2.46. The van der Waals surface area contributed by atoms with E-state index in [-0.39, 0.29) is 0 Å². The monoisotopic (exact) mass is 713 g/mol. The van der Waals surface area contributed by atoms with Gasteiger partial charge in [0.05, 0.1) is 5.69 Å². The first-order chi connectivity index (χ1) is 27.7. The first-order valence-electron chi connectivity index (χ1n) is 19.2. The van der Waals surface area contributed by atoms with Gasteiger partial charge in [0.2, 0.25) is 0 Å². The predicted molar refractivity (Wildman–Crippen MR) is 237 cm³/mol. The van der Waals surface area contributed by atoms with Gasteiger partial charge in [-0.3, -0.25) is 0 Å². The van der Waals surface area contributed by atoms with Crippen molar-refractivity contribution in [3.05, 3.63) is 212 Å². The van der Waals surface area contributed by atoms with E-state index in [0.29, 0.717) is 0 Å². The number of hydrogen-bond acceptors (Lipinski definition) is 2. The third-order valence-electron chi connectivity index (χ3n) is 11.2. The molecule has 2 heteroatoms. The molecule has 0 aliphatic carbocycles. The van der Waals surface area contributed by atoms with Crippen LogP contribution in [0.15, 0.2) is 217 Å². The molecule has 0 atom stereocenters. The highest BCUT2D eigenvalue weighted by molar-refractivity contribution is 6.17. The molecule has 262 valence electrons.